The summed E-state index contributed by atoms with van der Waals surface area (Å²) < 4.78 is 11.4. The van der Waals surface area contributed by atoms with Gasteiger partial charge in [0.05, 0.1) is 24.0 Å². The van der Waals surface area contributed by atoms with Crippen molar-refractivity contribution in [1.82, 2.24) is 5.32 Å². The van der Waals surface area contributed by atoms with Crippen molar-refractivity contribution in [3.63, 3.8) is 0 Å². The van der Waals surface area contributed by atoms with Crippen LogP contribution < -0.4 is 5.32 Å². The monoisotopic (exact) mass is 306 g/mol. The van der Waals surface area contributed by atoms with E-state index in [2.05, 4.69) is 5.32 Å². The van der Waals surface area contributed by atoms with E-state index < -0.39 is 11.2 Å². The van der Waals surface area contributed by atoms with Gasteiger partial charge in [-0.1, -0.05) is 6.08 Å². The van der Waals surface area contributed by atoms with E-state index in [9.17, 15) is 5.11 Å². The third kappa shape index (κ3) is 3.81. The highest BCUT2D eigenvalue weighted by atomic mass is 16.5. The second kappa shape index (κ2) is 6.71. The molecule has 1 aliphatic carbocycles. The Hall–Kier alpha value is -1.53. The molecule has 0 saturated heterocycles. The molecule has 6 heteroatoms. The number of hydrogen-bond acceptors (Lipinski definition) is 5. The van der Waals surface area contributed by atoms with E-state index >= 15 is 0 Å². The Kier molecular flexibility index (Phi) is 5.65. The van der Waals surface area contributed by atoms with E-state index in [-0.39, 0.29) is 0 Å². The SMILES string of the molecule is CN/C=C1/C=C(BOC(C)(C)C(C)(C)O)C(OC)=C(C)C1=N. The first-order valence-corrected chi connectivity index (χ1v) is 7.34. The van der Waals surface area contributed by atoms with Crippen LogP contribution >= 0.6 is 0 Å². The zero-order valence-electron chi connectivity index (χ0n) is 14.6. The molecule has 0 unspecified atom stereocenters. The van der Waals surface area contributed by atoms with Gasteiger partial charge >= 0.3 is 7.48 Å². The Morgan fingerprint density at radius 2 is 1.91 bits per heavy atom. The van der Waals surface area contributed by atoms with E-state index in [4.69, 9.17) is 14.8 Å². The van der Waals surface area contributed by atoms with Gasteiger partial charge in [0.15, 0.2) is 0 Å². The minimum Gasteiger partial charge on any atom is -0.497 e. The van der Waals surface area contributed by atoms with Gasteiger partial charge in [-0.3, -0.25) is 5.41 Å². The van der Waals surface area contributed by atoms with Crippen LogP contribution in [0.2, 0.25) is 0 Å². The second-order valence-corrected chi connectivity index (χ2v) is 6.45. The van der Waals surface area contributed by atoms with Crippen molar-refractivity contribution in [3.8, 4) is 0 Å². The van der Waals surface area contributed by atoms with Crippen LogP contribution in [0, 0.1) is 5.41 Å². The Morgan fingerprint density at radius 1 is 1.32 bits per heavy atom. The molecule has 3 N–H and O–H groups in total. The van der Waals surface area contributed by atoms with Crippen LogP contribution in [0.5, 0.6) is 0 Å². The predicted molar refractivity (Wildman–Crippen MR) is 91.3 cm³/mol. The van der Waals surface area contributed by atoms with E-state index in [1.807, 2.05) is 26.8 Å². The van der Waals surface area contributed by atoms with Gasteiger partial charge < -0.3 is 19.8 Å². The Balaban J connectivity index is 3.08. The molecule has 1 rings (SSSR count). The summed E-state index contributed by atoms with van der Waals surface area (Å²) in [5, 5.41) is 21.3. The molecular weight excluding hydrogens is 279 g/mol. The van der Waals surface area contributed by atoms with Crippen LogP contribution in [0.3, 0.4) is 0 Å². The molecule has 0 heterocycles. The van der Waals surface area contributed by atoms with Gasteiger partial charge in [-0.15, -0.1) is 0 Å². The Morgan fingerprint density at radius 3 is 2.36 bits per heavy atom. The minimum atomic E-state index is -0.968. The predicted octanol–water partition coefficient (Wildman–Crippen LogP) is 1.84. The molecule has 0 bridgehead atoms. The largest absolute Gasteiger partial charge is 0.497 e. The quantitative estimate of drug-likeness (QED) is 0.655. The van der Waals surface area contributed by atoms with E-state index in [0.717, 1.165) is 16.6 Å². The number of aliphatic hydroxyl groups is 1. The molecule has 0 spiro atoms. The first-order chi connectivity index (χ1) is 10.0. The lowest BCUT2D eigenvalue weighted by Crippen LogP contribution is -2.48. The molecule has 0 aliphatic heterocycles. The molecule has 122 valence electrons. The summed E-state index contributed by atoms with van der Waals surface area (Å²) in [5.74, 6) is 0.657. The number of allylic oxidation sites excluding steroid dienone is 4. The number of methoxy groups -OCH3 is 1. The van der Waals surface area contributed by atoms with Crippen molar-refractivity contribution in [2.45, 2.75) is 45.8 Å². The third-order valence-electron chi connectivity index (χ3n) is 4.19. The van der Waals surface area contributed by atoms with Crippen LogP contribution in [-0.2, 0) is 9.39 Å². The summed E-state index contributed by atoms with van der Waals surface area (Å²) in [5.41, 5.74) is 1.15. The Labute approximate surface area is 133 Å². The number of nitrogens with one attached hydrogen (secondary N) is 2. The van der Waals surface area contributed by atoms with E-state index in [1.54, 1.807) is 34.2 Å². The fourth-order valence-corrected chi connectivity index (χ4v) is 1.99. The standard InChI is InChI=1S/C16H27BN2O3/c1-10-13(18)11(9-19-6)8-12(14(10)21-7)17-22-16(4,5)15(2,3)20/h8-9,17-20H,1-7H3/b11-9-,18-13?. The van der Waals surface area contributed by atoms with Gasteiger partial charge in [0.2, 0.25) is 0 Å². The van der Waals surface area contributed by atoms with E-state index in [1.165, 1.54) is 0 Å². The molecular formula is C16H27BN2O3. The molecule has 0 amide bonds. The van der Waals surface area contributed by atoms with Crippen LogP contribution in [0.1, 0.15) is 34.6 Å². The lowest BCUT2D eigenvalue weighted by molar-refractivity contribution is -0.0897. The molecule has 0 fully saturated rings. The van der Waals surface area contributed by atoms with Crippen LogP contribution in [-0.4, -0.2) is 43.7 Å². The molecule has 0 aromatic carbocycles. The van der Waals surface area contributed by atoms with E-state index in [0.29, 0.717) is 19.0 Å². The highest BCUT2D eigenvalue weighted by molar-refractivity contribution is 6.41. The lowest BCUT2D eigenvalue weighted by Gasteiger charge is -2.38. The first kappa shape index (κ1) is 18.5. The van der Waals surface area contributed by atoms with Crippen LogP contribution in [0.15, 0.2) is 34.7 Å². The van der Waals surface area contributed by atoms with Crippen molar-refractivity contribution in [2.75, 3.05) is 14.2 Å². The number of hydrogen-bond donors (Lipinski definition) is 3. The summed E-state index contributed by atoms with van der Waals surface area (Å²) >= 11 is 0. The van der Waals surface area contributed by atoms with Crippen molar-refractivity contribution >= 4 is 13.2 Å². The minimum absolute atomic E-state index is 0.297. The van der Waals surface area contributed by atoms with Gasteiger partial charge in [0.1, 0.15) is 5.76 Å². The van der Waals surface area contributed by atoms with Crippen molar-refractivity contribution in [2.24, 2.45) is 0 Å². The third-order valence-corrected chi connectivity index (χ3v) is 4.19. The molecule has 0 saturated carbocycles. The summed E-state index contributed by atoms with van der Waals surface area (Å²) in [6.07, 6.45) is 3.66. The topological polar surface area (TPSA) is 74.6 Å². The average Bonchev–Trinajstić information content (AvgIpc) is 2.41. The molecule has 0 radical (unpaired) electrons. The van der Waals surface area contributed by atoms with Crippen LogP contribution in [0.25, 0.3) is 0 Å². The summed E-state index contributed by atoms with van der Waals surface area (Å²) in [6, 6.07) is 0. The number of rotatable bonds is 6. The summed E-state index contributed by atoms with van der Waals surface area (Å²) in [7, 11) is 3.69. The fraction of sp³-hybridized carbons (Fsp3) is 0.562. The zero-order valence-corrected chi connectivity index (χ0v) is 14.6. The Bertz CT molecular complexity index is 540. The second-order valence-electron chi connectivity index (χ2n) is 6.45. The maximum Gasteiger partial charge on any atom is 0.313 e. The van der Waals surface area contributed by atoms with Gasteiger partial charge in [0.25, 0.3) is 0 Å². The van der Waals surface area contributed by atoms with Crippen molar-refractivity contribution < 1.29 is 14.5 Å². The normalized spacial score (nSPS) is 18.5. The molecule has 1 aliphatic rings. The molecule has 0 aromatic rings. The maximum atomic E-state index is 10.2. The maximum absolute atomic E-state index is 10.2. The first-order valence-electron chi connectivity index (χ1n) is 7.34. The van der Waals surface area contributed by atoms with Crippen molar-refractivity contribution in [3.05, 3.63) is 34.7 Å². The van der Waals surface area contributed by atoms with Gasteiger partial charge in [-0.05, 0) is 40.1 Å². The average molecular weight is 306 g/mol. The smallest absolute Gasteiger partial charge is 0.313 e. The fourth-order valence-electron chi connectivity index (χ4n) is 1.99. The highest BCUT2D eigenvalue weighted by Crippen LogP contribution is 2.29. The van der Waals surface area contributed by atoms with Gasteiger partial charge in [-0.2, -0.15) is 0 Å². The van der Waals surface area contributed by atoms with Crippen LogP contribution in [0.4, 0.5) is 0 Å². The molecule has 0 aromatic heterocycles. The highest BCUT2D eigenvalue weighted by Gasteiger charge is 2.36. The summed E-state index contributed by atoms with van der Waals surface area (Å²) in [6.45, 7) is 9.02. The molecule has 0 atom stereocenters. The van der Waals surface area contributed by atoms with Crippen molar-refractivity contribution in [1.29, 1.82) is 5.41 Å². The van der Waals surface area contributed by atoms with Gasteiger partial charge in [-0.25, -0.2) is 0 Å². The molecule has 5 nitrogen and oxygen atoms in total. The van der Waals surface area contributed by atoms with Gasteiger partial charge in [0, 0.05) is 24.4 Å². The summed E-state index contributed by atoms with van der Waals surface area (Å²) in [4.78, 5) is 0. The zero-order chi connectivity index (χ0) is 17.1. The molecule has 22 heavy (non-hydrogen) atoms. The lowest BCUT2D eigenvalue weighted by atomic mass is 9.76. The number of ether oxygens (including phenoxy) is 1.